The number of nitrogens with one attached hydrogen (secondary N) is 1. The van der Waals surface area contributed by atoms with Gasteiger partial charge in [-0.05, 0) is 30.3 Å². The van der Waals surface area contributed by atoms with E-state index in [0.29, 0.717) is 41.5 Å². The summed E-state index contributed by atoms with van der Waals surface area (Å²) in [4.78, 5) is 24.5. The van der Waals surface area contributed by atoms with Crippen LogP contribution in [0.5, 0.6) is 11.5 Å². The standard InChI is InChI=1S/C19H19NO5/c1-20-15-6-3-2-5-14(15)19(22)25-12-16(21)13-7-8-17-18(11-13)24-10-4-9-23-17/h2-3,5-8,11,20H,4,9-10,12H2,1H3. The fraction of sp³-hybridized carbons (Fsp3) is 0.263. The zero-order valence-corrected chi connectivity index (χ0v) is 13.9. The molecule has 0 amide bonds. The number of hydrogen-bond donors (Lipinski definition) is 1. The normalized spacial score (nSPS) is 12.8. The quantitative estimate of drug-likeness (QED) is 0.666. The van der Waals surface area contributed by atoms with Crippen LogP contribution in [0.3, 0.4) is 0 Å². The van der Waals surface area contributed by atoms with Crippen molar-refractivity contribution in [3.05, 3.63) is 53.6 Å². The van der Waals surface area contributed by atoms with Gasteiger partial charge in [0.15, 0.2) is 23.9 Å². The molecule has 1 aliphatic heterocycles. The average Bonchev–Trinajstić information content (AvgIpc) is 2.90. The summed E-state index contributed by atoms with van der Waals surface area (Å²) in [7, 11) is 1.72. The number of fused-ring (bicyclic) bond motifs is 1. The number of ketones is 1. The summed E-state index contributed by atoms with van der Waals surface area (Å²) in [5.74, 6) is 0.308. The molecule has 0 spiro atoms. The molecule has 0 atom stereocenters. The molecule has 6 nitrogen and oxygen atoms in total. The van der Waals surface area contributed by atoms with Crippen LogP contribution in [0.15, 0.2) is 42.5 Å². The van der Waals surface area contributed by atoms with Gasteiger partial charge in [-0.2, -0.15) is 0 Å². The van der Waals surface area contributed by atoms with Gasteiger partial charge in [-0.15, -0.1) is 0 Å². The number of anilines is 1. The molecule has 1 aliphatic rings. The molecule has 0 fully saturated rings. The molecule has 0 bridgehead atoms. The lowest BCUT2D eigenvalue weighted by atomic mass is 10.1. The zero-order valence-electron chi connectivity index (χ0n) is 13.9. The second-order valence-electron chi connectivity index (χ2n) is 5.51. The lowest BCUT2D eigenvalue weighted by Gasteiger charge is -2.10. The topological polar surface area (TPSA) is 73.9 Å². The summed E-state index contributed by atoms with van der Waals surface area (Å²) in [5.41, 5.74) is 1.45. The Labute approximate surface area is 145 Å². The first-order chi connectivity index (χ1) is 12.2. The number of rotatable bonds is 5. The first kappa shape index (κ1) is 16.8. The van der Waals surface area contributed by atoms with E-state index in [0.717, 1.165) is 6.42 Å². The van der Waals surface area contributed by atoms with Crippen molar-refractivity contribution in [2.24, 2.45) is 0 Å². The van der Waals surface area contributed by atoms with Crippen molar-refractivity contribution in [2.45, 2.75) is 6.42 Å². The van der Waals surface area contributed by atoms with Crippen LogP contribution >= 0.6 is 0 Å². The number of carbonyl (C=O) groups is 2. The van der Waals surface area contributed by atoms with Gasteiger partial charge in [0.05, 0.1) is 18.8 Å². The SMILES string of the molecule is CNc1ccccc1C(=O)OCC(=O)c1ccc2c(c1)OCCCO2. The molecule has 0 saturated heterocycles. The Kier molecular flexibility index (Phi) is 5.18. The molecule has 1 heterocycles. The molecule has 1 N–H and O–H groups in total. The summed E-state index contributed by atoms with van der Waals surface area (Å²) in [6.45, 7) is 0.791. The Morgan fingerprint density at radius 1 is 1.08 bits per heavy atom. The second kappa shape index (κ2) is 7.70. The van der Waals surface area contributed by atoms with Crippen LogP contribution in [-0.4, -0.2) is 38.6 Å². The third kappa shape index (κ3) is 3.91. The molecule has 6 heteroatoms. The van der Waals surface area contributed by atoms with E-state index in [1.54, 1.807) is 43.4 Å². The van der Waals surface area contributed by atoms with E-state index < -0.39 is 5.97 Å². The Morgan fingerprint density at radius 3 is 2.64 bits per heavy atom. The van der Waals surface area contributed by atoms with E-state index in [2.05, 4.69) is 5.32 Å². The van der Waals surface area contributed by atoms with Crippen molar-refractivity contribution in [2.75, 3.05) is 32.2 Å². The molecule has 0 radical (unpaired) electrons. The number of ether oxygens (including phenoxy) is 3. The number of para-hydroxylation sites is 1. The minimum Gasteiger partial charge on any atom is -0.490 e. The number of Topliss-reactive ketones (excluding diaryl/α,β-unsaturated/α-hetero) is 1. The summed E-state index contributed by atoms with van der Waals surface area (Å²) in [6, 6.07) is 11.9. The third-order valence-corrected chi connectivity index (χ3v) is 3.82. The Balaban J connectivity index is 1.66. The van der Waals surface area contributed by atoms with Crippen molar-refractivity contribution < 1.29 is 23.8 Å². The minimum atomic E-state index is -0.548. The molecule has 130 valence electrons. The van der Waals surface area contributed by atoms with Gasteiger partial charge in [0.25, 0.3) is 0 Å². The lowest BCUT2D eigenvalue weighted by molar-refractivity contribution is 0.0475. The predicted molar refractivity (Wildman–Crippen MR) is 92.7 cm³/mol. The first-order valence-corrected chi connectivity index (χ1v) is 8.06. The van der Waals surface area contributed by atoms with E-state index >= 15 is 0 Å². The molecular weight excluding hydrogens is 322 g/mol. The second-order valence-corrected chi connectivity index (χ2v) is 5.51. The fourth-order valence-electron chi connectivity index (χ4n) is 2.51. The predicted octanol–water partition coefficient (Wildman–Crippen LogP) is 2.93. The van der Waals surface area contributed by atoms with Crippen LogP contribution in [0.2, 0.25) is 0 Å². The highest BCUT2D eigenvalue weighted by Gasteiger charge is 2.17. The molecular formula is C19H19NO5. The highest BCUT2D eigenvalue weighted by atomic mass is 16.5. The first-order valence-electron chi connectivity index (χ1n) is 8.06. The van der Waals surface area contributed by atoms with Gasteiger partial charge in [-0.3, -0.25) is 4.79 Å². The average molecular weight is 341 g/mol. The van der Waals surface area contributed by atoms with E-state index in [1.165, 1.54) is 0 Å². The van der Waals surface area contributed by atoms with Gasteiger partial charge in [0.2, 0.25) is 0 Å². The van der Waals surface area contributed by atoms with Crippen LogP contribution in [0, 0.1) is 0 Å². The summed E-state index contributed by atoms with van der Waals surface area (Å²) < 4.78 is 16.3. The monoisotopic (exact) mass is 341 g/mol. The Morgan fingerprint density at radius 2 is 1.84 bits per heavy atom. The van der Waals surface area contributed by atoms with Crippen molar-refractivity contribution >= 4 is 17.4 Å². The van der Waals surface area contributed by atoms with E-state index in [4.69, 9.17) is 14.2 Å². The molecule has 0 unspecified atom stereocenters. The number of esters is 1. The highest BCUT2D eigenvalue weighted by molar-refractivity contribution is 6.01. The van der Waals surface area contributed by atoms with Gasteiger partial charge in [-0.1, -0.05) is 12.1 Å². The molecule has 0 aliphatic carbocycles. The fourth-order valence-corrected chi connectivity index (χ4v) is 2.51. The van der Waals surface area contributed by atoms with Crippen LogP contribution < -0.4 is 14.8 Å². The van der Waals surface area contributed by atoms with E-state index in [9.17, 15) is 9.59 Å². The summed E-state index contributed by atoms with van der Waals surface area (Å²) >= 11 is 0. The van der Waals surface area contributed by atoms with Crippen molar-refractivity contribution in [1.82, 2.24) is 0 Å². The van der Waals surface area contributed by atoms with Gasteiger partial charge in [0.1, 0.15) is 0 Å². The molecule has 0 aromatic heterocycles. The minimum absolute atomic E-state index is 0.300. The molecule has 3 rings (SSSR count). The van der Waals surface area contributed by atoms with Gasteiger partial charge < -0.3 is 19.5 Å². The van der Waals surface area contributed by atoms with Crippen molar-refractivity contribution in [1.29, 1.82) is 0 Å². The molecule has 0 saturated carbocycles. The maximum absolute atomic E-state index is 12.3. The smallest absolute Gasteiger partial charge is 0.340 e. The number of benzene rings is 2. The zero-order chi connectivity index (χ0) is 17.6. The summed E-state index contributed by atoms with van der Waals surface area (Å²) in [5, 5.41) is 2.92. The largest absolute Gasteiger partial charge is 0.490 e. The maximum atomic E-state index is 12.3. The maximum Gasteiger partial charge on any atom is 0.340 e. The van der Waals surface area contributed by atoms with Crippen LogP contribution in [0.1, 0.15) is 27.1 Å². The van der Waals surface area contributed by atoms with Crippen molar-refractivity contribution in [3.8, 4) is 11.5 Å². The van der Waals surface area contributed by atoms with Gasteiger partial charge in [0, 0.05) is 24.7 Å². The Hall–Kier alpha value is -3.02. The van der Waals surface area contributed by atoms with Crippen LogP contribution in [-0.2, 0) is 4.74 Å². The van der Waals surface area contributed by atoms with E-state index in [-0.39, 0.29) is 12.4 Å². The molecule has 2 aromatic rings. The van der Waals surface area contributed by atoms with Crippen LogP contribution in [0.25, 0.3) is 0 Å². The number of hydrogen-bond acceptors (Lipinski definition) is 6. The molecule has 2 aromatic carbocycles. The third-order valence-electron chi connectivity index (χ3n) is 3.82. The Bertz CT molecular complexity index is 787. The molecule has 25 heavy (non-hydrogen) atoms. The van der Waals surface area contributed by atoms with Crippen molar-refractivity contribution in [3.63, 3.8) is 0 Å². The number of carbonyl (C=O) groups excluding carboxylic acids is 2. The van der Waals surface area contributed by atoms with Crippen LogP contribution in [0.4, 0.5) is 5.69 Å². The van der Waals surface area contributed by atoms with E-state index in [1.807, 2.05) is 6.07 Å². The highest BCUT2D eigenvalue weighted by Crippen LogP contribution is 2.30. The lowest BCUT2D eigenvalue weighted by Crippen LogP contribution is -2.15. The summed E-state index contributed by atoms with van der Waals surface area (Å²) in [6.07, 6.45) is 0.792. The van der Waals surface area contributed by atoms with Gasteiger partial charge >= 0.3 is 5.97 Å². The van der Waals surface area contributed by atoms with Gasteiger partial charge in [-0.25, -0.2) is 4.79 Å².